The van der Waals surface area contributed by atoms with Crippen LogP contribution < -0.4 is 5.73 Å². The van der Waals surface area contributed by atoms with E-state index in [9.17, 15) is 4.39 Å². The molecule has 0 amide bonds. The van der Waals surface area contributed by atoms with E-state index < -0.39 is 0 Å². The summed E-state index contributed by atoms with van der Waals surface area (Å²) in [5.74, 6) is -0.218. The van der Waals surface area contributed by atoms with Gasteiger partial charge in [0.1, 0.15) is 5.82 Å². The zero-order valence-corrected chi connectivity index (χ0v) is 12.6. The minimum atomic E-state index is -0.218. The first-order valence-corrected chi connectivity index (χ1v) is 7.43. The summed E-state index contributed by atoms with van der Waals surface area (Å²) in [4.78, 5) is 5.55. The normalized spacial score (nSPS) is 11.5. The number of likely N-dealkylation sites (N-methyl/N-ethyl adjacent to an activating group) is 1. The largest absolute Gasteiger partial charge is 0.354 e. The van der Waals surface area contributed by atoms with Crippen LogP contribution in [-0.4, -0.2) is 30.1 Å². The molecule has 2 aromatic carbocycles. The van der Waals surface area contributed by atoms with Gasteiger partial charge in [-0.3, -0.25) is 4.90 Å². The summed E-state index contributed by atoms with van der Waals surface area (Å²) in [6, 6.07) is 14.9. The lowest BCUT2D eigenvalue weighted by molar-refractivity contribution is 0.349. The molecule has 3 rings (SSSR count). The molecule has 4 heteroatoms. The van der Waals surface area contributed by atoms with Crippen molar-refractivity contribution in [2.24, 2.45) is 5.73 Å². The minimum absolute atomic E-state index is 0.218. The van der Waals surface area contributed by atoms with Gasteiger partial charge < -0.3 is 10.7 Å². The highest BCUT2D eigenvalue weighted by Gasteiger charge is 2.13. The van der Waals surface area contributed by atoms with E-state index >= 15 is 0 Å². The number of H-pyrrole nitrogens is 1. The first-order valence-electron chi connectivity index (χ1n) is 7.43. The Morgan fingerprint density at radius 3 is 2.55 bits per heavy atom. The molecule has 0 saturated heterocycles. The van der Waals surface area contributed by atoms with Crippen LogP contribution >= 0.6 is 0 Å². The Balaban J connectivity index is 2.06. The van der Waals surface area contributed by atoms with Crippen molar-refractivity contribution in [3.05, 3.63) is 59.9 Å². The lowest BCUT2D eigenvalue weighted by Gasteiger charge is -2.14. The summed E-state index contributed by atoms with van der Waals surface area (Å²) >= 11 is 0. The van der Waals surface area contributed by atoms with Crippen LogP contribution in [0.4, 0.5) is 4.39 Å². The second-order valence-electron chi connectivity index (χ2n) is 5.54. The molecule has 0 fully saturated rings. The highest BCUT2D eigenvalue weighted by molar-refractivity contribution is 5.90. The number of aromatic amines is 1. The zero-order chi connectivity index (χ0) is 15.5. The van der Waals surface area contributed by atoms with E-state index in [2.05, 4.69) is 22.0 Å². The number of para-hydroxylation sites is 1. The van der Waals surface area contributed by atoms with Crippen LogP contribution in [0.2, 0.25) is 0 Å². The van der Waals surface area contributed by atoms with Crippen molar-refractivity contribution in [1.82, 2.24) is 9.88 Å². The Bertz CT molecular complexity index is 762. The molecule has 0 saturated carbocycles. The molecular weight excluding hydrogens is 277 g/mol. The number of benzene rings is 2. The second-order valence-corrected chi connectivity index (χ2v) is 5.54. The van der Waals surface area contributed by atoms with Gasteiger partial charge >= 0.3 is 0 Å². The summed E-state index contributed by atoms with van der Waals surface area (Å²) in [5.41, 5.74) is 10.1. The third-order valence-corrected chi connectivity index (χ3v) is 4.00. The van der Waals surface area contributed by atoms with Crippen LogP contribution in [0, 0.1) is 5.82 Å². The van der Waals surface area contributed by atoms with E-state index in [1.165, 1.54) is 23.1 Å². The number of hydrogen-bond acceptors (Lipinski definition) is 2. The van der Waals surface area contributed by atoms with E-state index in [4.69, 9.17) is 5.73 Å². The first kappa shape index (κ1) is 14.8. The molecule has 0 aliphatic rings. The van der Waals surface area contributed by atoms with Crippen molar-refractivity contribution >= 4 is 10.9 Å². The number of fused-ring (bicyclic) bond motifs is 1. The van der Waals surface area contributed by atoms with Gasteiger partial charge in [-0.1, -0.05) is 18.2 Å². The lowest BCUT2D eigenvalue weighted by atomic mass is 10.0. The number of nitrogens with one attached hydrogen (secondary N) is 1. The highest BCUT2D eigenvalue weighted by atomic mass is 19.1. The Labute approximate surface area is 129 Å². The Morgan fingerprint density at radius 2 is 1.82 bits per heavy atom. The highest BCUT2D eigenvalue weighted by Crippen LogP contribution is 2.30. The molecule has 0 bridgehead atoms. The summed E-state index contributed by atoms with van der Waals surface area (Å²) in [6.07, 6.45) is 0.893. The van der Waals surface area contributed by atoms with Crippen LogP contribution in [0.5, 0.6) is 0 Å². The van der Waals surface area contributed by atoms with Crippen molar-refractivity contribution in [3.8, 4) is 11.3 Å². The van der Waals surface area contributed by atoms with Crippen LogP contribution in [0.1, 0.15) is 5.56 Å². The summed E-state index contributed by atoms with van der Waals surface area (Å²) < 4.78 is 13.2. The molecule has 0 atom stereocenters. The van der Waals surface area contributed by atoms with Gasteiger partial charge in [-0.05, 0) is 54.9 Å². The summed E-state index contributed by atoms with van der Waals surface area (Å²) in [7, 11) is 2.01. The average molecular weight is 297 g/mol. The second kappa shape index (κ2) is 6.30. The predicted molar refractivity (Wildman–Crippen MR) is 89.1 cm³/mol. The van der Waals surface area contributed by atoms with Gasteiger partial charge in [-0.15, -0.1) is 0 Å². The van der Waals surface area contributed by atoms with Gasteiger partial charge in [0.05, 0.1) is 0 Å². The fourth-order valence-electron chi connectivity index (χ4n) is 2.72. The molecule has 3 aromatic rings. The average Bonchev–Trinajstić information content (AvgIpc) is 2.92. The number of halogens is 1. The molecule has 3 N–H and O–H groups in total. The Morgan fingerprint density at radius 1 is 1.09 bits per heavy atom. The molecular formula is C18H20FN3. The number of rotatable bonds is 5. The van der Waals surface area contributed by atoms with Gasteiger partial charge in [0.25, 0.3) is 0 Å². The Kier molecular flexibility index (Phi) is 4.22. The molecule has 3 nitrogen and oxygen atoms in total. The predicted octanol–water partition coefficient (Wildman–Crippen LogP) is 3.36. The number of aromatic nitrogens is 1. The van der Waals surface area contributed by atoms with Crippen molar-refractivity contribution in [2.45, 2.75) is 6.42 Å². The first-order chi connectivity index (χ1) is 10.7. The summed E-state index contributed by atoms with van der Waals surface area (Å²) in [5, 5.41) is 1.22. The van der Waals surface area contributed by atoms with Crippen LogP contribution in [0.15, 0.2) is 48.5 Å². The van der Waals surface area contributed by atoms with E-state index in [0.29, 0.717) is 6.67 Å². The Hall–Kier alpha value is -2.17. The van der Waals surface area contributed by atoms with Crippen LogP contribution in [0.3, 0.4) is 0 Å². The molecule has 0 spiro atoms. The van der Waals surface area contributed by atoms with Crippen molar-refractivity contribution in [2.75, 3.05) is 20.3 Å². The van der Waals surface area contributed by atoms with Crippen LogP contribution in [-0.2, 0) is 6.42 Å². The van der Waals surface area contributed by atoms with Gasteiger partial charge in [0.15, 0.2) is 0 Å². The fourth-order valence-corrected chi connectivity index (χ4v) is 2.72. The number of nitrogens with zero attached hydrogens (tertiary/aromatic N) is 1. The fraction of sp³-hybridized carbons (Fsp3) is 0.222. The maximum absolute atomic E-state index is 13.2. The van der Waals surface area contributed by atoms with E-state index in [1.807, 2.05) is 31.3 Å². The number of hydrogen-bond donors (Lipinski definition) is 2. The van der Waals surface area contributed by atoms with E-state index in [-0.39, 0.29) is 5.82 Å². The molecule has 1 aromatic heterocycles. The van der Waals surface area contributed by atoms with E-state index in [1.54, 1.807) is 0 Å². The van der Waals surface area contributed by atoms with Gasteiger partial charge in [-0.25, -0.2) is 4.39 Å². The van der Waals surface area contributed by atoms with Gasteiger partial charge in [-0.2, -0.15) is 0 Å². The SMILES string of the molecule is CN(CN)CCc1c(-c2ccc(F)cc2)[nH]c2ccccc12. The van der Waals surface area contributed by atoms with E-state index in [0.717, 1.165) is 29.7 Å². The standard InChI is InChI=1S/C18H20FN3/c1-22(12-20)11-10-16-15-4-2-3-5-17(15)21-18(16)13-6-8-14(19)9-7-13/h2-9,21H,10-12,20H2,1H3. The van der Waals surface area contributed by atoms with Crippen molar-refractivity contribution in [1.29, 1.82) is 0 Å². The molecule has 0 radical (unpaired) electrons. The molecule has 114 valence electrons. The topological polar surface area (TPSA) is 45.0 Å². The third-order valence-electron chi connectivity index (χ3n) is 4.00. The number of nitrogens with two attached hydrogens (primary N) is 1. The maximum Gasteiger partial charge on any atom is 0.123 e. The van der Waals surface area contributed by atoms with Gasteiger partial charge in [0.2, 0.25) is 0 Å². The smallest absolute Gasteiger partial charge is 0.123 e. The zero-order valence-electron chi connectivity index (χ0n) is 12.6. The molecule has 1 heterocycles. The monoisotopic (exact) mass is 297 g/mol. The van der Waals surface area contributed by atoms with Gasteiger partial charge in [0, 0.05) is 29.8 Å². The quantitative estimate of drug-likeness (QED) is 0.709. The third kappa shape index (κ3) is 2.89. The molecule has 0 unspecified atom stereocenters. The summed E-state index contributed by atoms with van der Waals surface area (Å²) in [6.45, 7) is 1.42. The van der Waals surface area contributed by atoms with Crippen molar-refractivity contribution < 1.29 is 4.39 Å². The van der Waals surface area contributed by atoms with Crippen LogP contribution in [0.25, 0.3) is 22.2 Å². The minimum Gasteiger partial charge on any atom is -0.354 e. The molecule has 0 aliphatic heterocycles. The van der Waals surface area contributed by atoms with Crippen molar-refractivity contribution in [3.63, 3.8) is 0 Å². The maximum atomic E-state index is 13.2. The molecule has 0 aliphatic carbocycles. The molecule has 22 heavy (non-hydrogen) atoms. The lowest BCUT2D eigenvalue weighted by Crippen LogP contribution is -2.27.